The van der Waals surface area contributed by atoms with Crippen molar-refractivity contribution in [2.75, 3.05) is 39.3 Å². The fourth-order valence-corrected chi connectivity index (χ4v) is 4.19. The summed E-state index contributed by atoms with van der Waals surface area (Å²) < 4.78 is 5.30. The van der Waals surface area contributed by atoms with Crippen molar-refractivity contribution in [3.8, 4) is 0 Å². The van der Waals surface area contributed by atoms with Gasteiger partial charge >= 0.3 is 0 Å². The van der Waals surface area contributed by atoms with E-state index in [0.29, 0.717) is 12.0 Å². The van der Waals surface area contributed by atoms with Crippen molar-refractivity contribution in [1.29, 1.82) is 0 Å². The van der Waals surface area contributed by atoms with Crippen LogP contribution in [-0.4, -0.2) is 71.1 Å². The summed E-state index contributed by atoms with van der Waals surface area (Å²) in [6.07, 6.45) is 1.08. The van der Waals surface area contributed by atoms with Crippen molar-refractivity contribution in [2.45, 2.75) is 46.7 Å². The lowest BCUT2D eigenvalue weighted by Crippen LogP contribution is -2.42. The van der Waals surface area contributed by atoms with E-state index in [2.05, 4.69) is 21.9 Å². The van der Waals surface area contributed by atoms with Crippen LogP contribution in [0.15, 0.2) is 4.52 Å². The summed E-state index contributed by atoms with van der Waals surface area (Å²) in [5.74, 6) is 1.79. The first-order valence-electron chi connectivity index (χ1n) is 9.09. The average molecular weight is 334 g/mol. The molecule has 0 bridgehead atoms. The highest BCUT2D eigenvalue weighted by atomic mass is 16.5. The summed E-state index contributed by atoms with van der Waals surface area (Å²) in [6.45, 7) is 15.0. The number of carbonyl (C=O) groups excluding carboxylic acids is 1. The Bertz CT molecular complexity index is 566. The predicted molar refractivity (Wildman–Crippen MR) is 92.7 cm³/mol. The third kappa shape index (κ3) is 3.64. The lowest BCUT2D eigenvalue weighted by Gasteiger charge is -2.30. The Morgan fingerprint density at radius 3 is 2.67 bits per heavy atom. The van der Waals surface area contributed by atoms with Gasteiger partial charge in [-0.1, -0.05) is 12.1 Å². The summed E-state index contributed by atoms with van der Waals surface area (Å²) in [6, 6.07) is 0.581. The third-order valence-corrected chi connectivity index (χ3v) is 5.66. The number of nitrogens with zero attached hydrogens (tertiary/aromatic N) is 4. The Hall–Kier alpha value is -1.40. The van der Waals surface area contributed by atoms with Crippen molar-refractivity contribution in [3.05, 3.63) is 17.0 Å². The van der Waals surface area contributed by atoms with Gasteiger partial charge in [0.25, 0.3) is 0 Å². The number of hydrogen-bond acceptors (Lipinski definition) is 5. The summed E-state index contributed by atoms with van der Waals surface area (Å²) in [4.78, 5) is 18.7. The van der Waals surface area contributed by atoms with E-state index in [4.69, 9.17) is 4.52 Å². The quantitative estimate of drug-likeness (QED) is 0.841. The molecule has 3 rings (SSSR count). The monoisotopic (exact) mass is 334 g/mol. The average Bonchev–Trinajstić information content (AvgIpc) is 2.94. The van der Waals surface area contributed by atoms with E-state index in [1.54, 1.807) is 6.92 Å². The number of hydrogen-bond donors (Lipinski definition) is 0. The highest BCUT2D eigenvalue weighted by molar-refractivity contribution is 5.73. The maximum Gasteiger partial charge on any atom is 0.219 e. The molecule has 1 aromatic heterocycles. The molecule has 2 fully saturated rings. The van der Waals surface area contributed by atoms with E-state index in [1.165, 1.54) is 5.56 Å². The summed E-state index contributed by atoms with van der Waals surface area (Å²) in [5.41, 5.74) is 2.25. The Kier molecular flexibility index (Phi) is 5.25. The molecule has 2 saturated heterocycles. The van der Waals surface area contributed by atoms with Gasteiger partial charge in [0.2, 0.25) is 5.91 Å². The molecule has 0 N–H and O–H groups in total. The van der Waals surface area contributed by atoms with Crippen LogP contribution in [0.1, 0.15) is 37.3 Å². The number of carbonyl (C=O) groups is 1. The zero-order valence-corrected chi connectivity index (χ0v) is 15.4. The summed E-state index contributed by atoms with van der Waals surface area (Å²) in [5, 5.41) is 4.07. The molecule has 0 radical (unpaired) electrons. The molecule has 6 heteroatoms. The number of aryl methyl sites for hydroxylation is 2. The molecule has 1 amide bonds. The van der Waals surface area contributed by atoms with Gasteiger partial charge in [0.05, 0.1) is 5.69 Å². The maximum absolute atomic E-state index is 11.6. The molecule has 0 unspecified atom stereocenters. The minimum Gasteiger partial charge on any atom is -0.361 e. The first kappa shape index (κ1) is 17.4. The standard InChI is InChI=1S/C18H30N4O2/c1-13-10-20(11-17-14(2)19-24-15(17)3)12-18(13)22-7-5-6-21(8-9-22)16(4)23/h13,18H,5-12H2,1-4H3/t13-,18-/m0/s1. The highest BCUT2D eigenvalue weighted by Crippen LogP contribution is 2.26. The number of rotatable bonds is 3. The van der Waals surface area contributed by atoms with Crippen LogP contribution < -0.4 is 0 Å². The van der Waals surface area contributed by atoms with Crippen LogP contribution in [0.3, 0.4) is 0 Å². The Balaban J connectivity index is 1.60. The van der Waals surface area contributed by atoms with E-state index in [0.717, 1.165) is 63.7 Å². The fraction of sp³-hybridized carbons (Fsp3) is 0.778. The van der Waals surface area contributed by atoms with Crippen LogP contribution in [0.2, 0.25) is 0 Å². The van der Waals surface area contributed by atoms with Crippen LogP contribution >= 0.6 is 0 Å². The zero-order valence-electron chi connectivity index (χ0n) is 15.4. The molecular weight excluding hydrogens is 304 g/mol. The van der Waals surface area contributed by atoms with Gasteiger partial charge in [0, 0.05) is 64.3 Å². The maximum atomic E-state index is 11.6. The van der Waals surface area contributed by atoms with Crippen LogP contribution in [0, 0.1) is 19.8 Å². The van der Waals surface area contributed by atoms with Gasteiger partial charge in [0.1, 0.15) is 5.76 Å². The molecule has 1 aromatic rings. The molecule has 0 aromatic carbocycles. The van der Waals surface area contributed by atoms with Gasteiger partial charge in [-0.3, -0.25) is 14.6 Å². The Labute approximate surface area is 144 Å². The summed E-state index contributed by atoms with van der Waals surface area (Å²) >= 11 is 0. The van der Waals surface area contributed by atoms with Gasteiger partial charge in [-0.05, 0) is 26.2 Å². The number of likely N-dealkylation sites (tertiary alicyclic amines) is 1. The molecule has 2 aliphatic rings. The van der Waals surface area contributed by atoms with Gasteiger partial charge in [0.15, 0.2) is 0 Å². The van der Waals surface area contributed by atoms with Crippen LogP contribution in [0.4, 0.5) is 0 Å². The first-order valence-corrected chi connectivity index (χ1v) is 9.09. The topological polar surface area (TPSA) is 52.8 Å². The second kappa shape index (κ2) is 7.23. The highest BCUT2D eigenvalue weighted by Gasteiger charge is 2.35. The predicted octanol–water partition coefficient (Wildman–Crippen LogP) is 1.67. The van der Waals surface area contributed by atoms with E-state index in [1.807, 2.05) is 18.7 Å². The van der Waals surface area contributed by atoms with Gasteiger partial charge in [-0.25, -0.2) is 0 Å². The molecule has 134 valence electrons. The normalized spacial score (nSPS) is 26.8. The molecule has 6 nitrogen and oxygen atoms in total. The third-order valence-electron chi connectivity index (χ3n) is 5.66. The smallest absolute Gasteiger partial charge is 0.219 e. The van der Waals surface area contributed by atoms with Gasteiger partial charge < -0.3 is 9.42 Å². The molecule has 0 spiro atoms. The largest absolute Gasteiger partial charge is 0.361 e. The minimum atomic E-state index is 0.205. The van der Waals surface area contributed by atoms with E-state index in [-0.39, 0.29) is 5.91 Å². The van der Waals surface area contributed by atoms with Crippen molar-refractivity contribution >= 4 is 5.91 Å². The molecular formula is C18H30N4O2. The molecule has 3 heterocycles. The van der Waals surface area contributed by atoms with E-state index >= 15 is 0 Å². The van der Waals surface area contributed by atoms with Crippen molar-refractivity contribution in [1.82, 2.24) is 19.9 Å². The van der Waals surface area contributed by atoms with Crippen LogP contribution in [0.25, 0.3) is 0 Å². The lowest BCUT2D eigenvalue weighted by atomic mass is 10.0. The first-order chi connectivity index (χ1) is 11.5. The SMILES string of the molecule is CC(=O)N1CCCN([C@H]2CN(Cc3c(C)noc3C)C[C@@H]2C)CC1. The molecule has 2 atom stereocenters. The second-order valence-electron chi connectivity index (χ2n) is 7.44. The van der Waals surface area contributed by atoms with Crippen molar-refractivity contribution < 1.29 is 9.32 Å². The fourth-order valence-electron chi connectivity index (χ4n) is 4.19. The van der Waals surface area contributed by atoms with Gasteiger partial charge in [-0.2, -0.15) is 0 Å². The Morgan fingerprint density at radius 1 is 1.21 bits per heavy atom. The van der Waals surface area contributed by atoms with Crippen LogP contribution in [0.5, 0.6) is 0 Å². The van der Waals surface area contributed by atoms with E-state index in [9.17, 15) is 4.79 Å². The van der Waals surface area contributed by atoms with Gasteiger partial charge in [-0.15, -0.1) is 0 Å². The second-order valence-corrected chi connectivity index (χ2v) is 7.44. The molecule has 24 heavy (non-hydrogen) atoms. The number of amides is 1. The minimum absolute atomic E-state index is 0.205. The lowest BCUT2D eigenvalue weighted by molar-refractivity contribution is -0.128. The van der Waals surface area contributed by atoms with Crippen molar-refractivity contribution in [3.63, 3.8) is 0 Å². The number of aromatic nitrogens is 1. The Morgan fingerprint density at radius 2 is 2.00 bits per heavy atom. The van der Waals surface area contributed by atoms with E-state index < -0.39 is 0 Å². The van der Waals surface area contributed by atoms with Crippen molar-refractivity contribution in [2.24, 2.45) is 5.92 Å². The zero-order chi connectivity index (χ0) is 17.3. The van der Waals surface area contributed by atoms with Crippen LogP contribution in [-0.2, 0) is 11.3 Å². The molecule has 0 saturated carbocycles. The molecule has 2 aliphatic heterocycles. The molecule has 0 aliphatic carbocycles. The summed E-state index contributed by atoms with van der Waals surface area (Å²) in [7, 11) is 0.